The summed E-state index contributed by atoms with van der Waals surface area (Å²) in [6.45, 7) is -0.170. The Hall–Kier alpha value is -3.00. The van der Waals surface area contributed by atoms with Gasteiger partial charge < -0.3 is 4.74 Å². The van der Waals surface area contributed by atoms with E-state index in [1.165, 1.54) is 36.4 Å². The number of nitro benzene ring substituents is 2. The summed E-state index contributed by atoms with van der Waals surface area (Å²) in [5, 5.41) is 21.6. The lowest BCUT2D eigenvalue weighted by Crippen LogP contribution is -2.08. The summed E-state index contributed by atoms with van der Waals surface area (Å²) in [6, 6.07) is 9.02. The van der Waals surface area contributed by atoms with Crippen LogP contribution in [-0.2, 0) is 11.3 Å². The van der Waals surface area contributed by atoms with Crippen LogP contribution in [0, 0.1) is 20.2 Å². The number of ether oxygens (including phenoxy) is 1. The second-order valence-corrected chi connectivity index (χ2v) is 4.85. The van der Waals surface area contributed by atoms with Crippen LogP contribution in [0.25, 0.3) is 0 Å². The number of hydrogen-bond donors (Lipinski definition) is 0. The molecule has 0 aliphatic rings. The number of non-ortho nitro benzene ring substituents is 1. The van der Waals surface area contributed by atoms with E-state index in [2.05, 4.69) is 0 Å². The van der Waals surface area contributed by atoms with Gasteiger partial charge in [0.15, 0.2) is 0 Å². The Bertz CT molecular complexity index is 775. The van der Waals surface area contributed by atoms with Crippen LogP contribution in [0.3, 0.4) is 0 Å². The zero-order valence-electron chi connectivity index (χ0n) is 11.5. The zero-order chi connectivity index (χ0) is 17.0. The predicted octanol–water partition coefficient (Wildman–Crippen LogP) is 3.51. The maximum atomic E-state index is 12.0. The van der Waals surface area contributed by atoms with Gasteiger partial charge in [0.05, 0.1) is 9.85 Å². The van der Waals surface area contributed by atoms with Crippen LogP contribution in [0.5, 0.6) is 0 Å². The van der Waals surface area contributed by atoms with Gasteiger partial charge in [0.1, 0.15) is 12.2 Å². The Morgan fingerprint density at radius 1 is 1.04 bits per heavy atom. The third kappa shape index (κ3) is 4.01. The topological polar surface area (TPSA) is 113 Å². The van der Waals surface area contributed by atoms with Crippen LogP contribution >= 0.6 is 11.6 Å². The van der Waals surface area contributed by atoms with Gasteiger partial charge in [-0.05, 0) is 29.8 Å². The van der Waals surface area contributed by atoms with Gasteiger partial charge in [-0.3, -0.25) is 20.2 Å². The number of carbonyl (C=O) groups excluding carboxylic acids is 1. The highest BCUT2D eigenvalue weighted by atomic mass is 35.5. The Kier molecular flexibility index (Phi) is 4.87. The van der Waals surface area contributed by atoms with E-state index in [1.54, 1.807) is 0 Å². The first-order valence-electron chi connectivity index (χ1n) is 6.23. The van der Waals surface area contributed by atoms with Crippen LogP contribution in [0.1, 0.15) is 15.9 Å². The van der Waals surface area contributed by atoms with Crippen LogP contribution < -0.4 is 0 Å². The molecule has 0 bridgehead atoms. The molecule has 0 N–H and O–H groups in total. The molecule has 0 fully saturated rings. The Morgan fingerprint density at radius 3 is 2.26 bits per heavy atom. The van der Waals surface area contributed by atoms with Crippen molar-refractivity contribution in [1.29, 1.82) is 0 Å². The summed E-state index contributed by atoms with van der Waals surface area (Å²) in [7, 11) is 0. The fraction of sp³-hybridized carbons (Fsp3) is 0.0714. The molecule has 0 saturated carbocycles. The lowest BCUT2D eigenvalue weighted by molar-refractivity contribution is -0.385. The molecule has 0 atom stereocenters. The number of halogens is 1. The second-order valence-electron chi connectivity index (χ2n) is 4.42. The SMILES string of the molecule is O=C(OCc1ccc([N+](=O)[O-])cc1)c1ccc(Cl)cc1[N+](=O)[O-]. The molecule has 0 aliphatic heterocycles. The maximum Gasteiger partial charge on any atom is 0.345 e. The Balaban J connectivity index is 2.11. The van der Waals surface area contributed by atoms with Crippen molar-refractivity contribution in [2.75, 3.05) is 0 Å². The van der Waals surface area contributed by atoms with E-state index in [-0.39, 0.29) is 22.9 Å². The van der Waals surface area contributed by atoms with Crippen molar-refractivity contribution < 1.29 is 19.4 Å². The van der Waals surface area contributed by atoms with Crippen molar-refractivity contribution in [3.63, 3.8) is 0 Å². The predicted molar refractivity (Wildman–Crippen MR) is 80.3 cm³/mol. The lowest BCUT2D eigenvalue weighted by Gasteiger charge is -2.06. The van der Waals surface area contributed by atoms with Crippen molar-refractivity contribution in [2.24, 2.45) is 0 Å². The average Bonchev–Trinajstić information content (AvgIpc) is 2.52. The average molecular weight is 337 g/mol. The monoisotopic (exact) mass is 336 g/mol. The zero-order valence-corrected chi connectivity index (χ0v) is 12.2. The first-order valence-corrected chi connectivity index (χ1v) is 6.60. The molecule has 9 heteroatoms. The molecule has 0 amide bonds. The van der Waals surface area contributed by atoms with Crippen molar-refractivity contribution >= 4 is 28.9 Å². The van der Waals surface area contributed by atoms with Gasteiger partial charge in [-0.2, -0.15) is 0 Å². The van der Waals surface area contributed by atoms with Gasteiger partial charge in [-0.25, -0.2) is 4.79 Å². The summed E-state index contributed by atoms with van der Waals surface area (Å²) in [6.07, 6.45) is 0. The molecule has 0 spiro atoms. The normalized spacial score (nSPS) is 10.1. The van der Waals surface area contributed by atoms with Crippen LogP contribution in [0.4, 0.5) is 11.4 Å². The summed E-state index contributed by atoms with van der Waals surface area (Å²) in [4.78, 5) is 32.1. The van der Waals surface area contributed by atoms with E-state index in [9.17, 15) is 25.0 Å². The minimum atomic E-state index is -0.883. The van der Waals surface area contributed by atoms with Gasteiger partial charge in [0, 0.05) is 23.2 Å². The molecule has 0 radical (unpaired) electrons. The number of benzene rings is 2. The molecule has 2 rings (SSSR count). The molecule has 0 unspecified atom stereocenters. The molecular formula is C14H9ClN2O6. The van der Waals surface area contributed by atoms with Crippen molar-refractivity contribution in [1.82, 2.24) is 0 Å². The summed E-state index contributed by atoms with van der Waals surface area (Å²) in [5.74, 6) is -0.883. The van der Waals surface area contributed by atoms with Crippen molar-refractivity contribution in [3.05, 3.63) is 78.8 Å². The van der Waals surface area contributed by atoms with Gasteiger partial charge in [0.2, 0.25) is 0 Å². The van der Waals surface area contributed by atoms with Crippen LogP contribution in [0.2, 0.25) is 5.02 Å². The van der Waals surface area contributed by atoms with Gasteiger partial charge in [-0.1, -0.05) is 11.6 Å². The quantitative estimate of drug-likeness (QED) is 0.469. The molecule has 0 aromatic heterocycles. The number of nitro groups is 2. The molecule has 0 aliphatic carbocycles. The van der Waals surface area contributed by atoms with Crippen LogP contribution in [0.15, 0.2) is 42.5 Å². The first-order chi connectivity index (χ1) is 10.9. The van der Waals surface area contributed by atoms with Gasteiger partial charge in [-0.15, -0.1) is 0 Å². The van der Waals surface area contributed by atoms with Crippen molar-refractivity contribution in [2.45, 2.75) is 6.61 Å². The third-order valence-corrected chi connectivity index (χ3v) is 3.13. The minimum absolute atomic E-state index is 0.0894. The molecule has 2 aromatic rings. The number of nitrogens with zero attached hydrogens (tertiary/aromatic N) is 2. The molecular weight excluding hydrogens is 328 g/mol. The van der Waals surface area contributed by atoms with E-state index < -0.39 is 21.5 Å². The molecule has 23 heavy (non-hydrogen) atoms. The molecule has 118 valence electrons. The summed E-state index contributed by atoms with van der Waals surface area (Å²) in [5.41, 5.74) is -0.249. The highest BCUT2D eigenvalue weighted by Gasteiger charge is 2.21. The van der Waals surface area contributed by atoms with E-state index in [4.69, 9.17) is 16.3 Å². The highest BCUT2D eigenvalue weighted by molar-refractivity contribution is 6.31. The number of hydrogen-bond acceptors (Lipinski definition) is 6. The van der Waals surface area contributed by atoms with E-state index in [1.807, 2.05) is 0 Å². The number of rotatable bonds is 5. The van der Waals surface area contributed by atoms with E-state index >= 15 is 0 Å². The highest BCUT2D eigenvalue weighted by Crippen LogP contribution is 2.24. The molecule has 0 saturated heterocycles. The molecule has 8 nitrogen and oxygen atoms in total. The number of esters is 1. The summed E-state index contributed by atoms with van der Waals surface area (Å²) < 4.78 is 4.99. The van der Waals surface area contributed by atoms with Gasteiger partial charge >= 0.3 is 5.97 Å². The lowest BCUT2D eigenvalue weighted by atomic mass is 10.2. The van der Waals surface area contributed by atoms with E-state index in [0.29, 0.717) is 5.56 Å². The summed E-state index contributed by atoms with van der Waals surface area (Å²) >= 11 is 5.67. The Labute approximate surface area is 134 Å². The van der Waals surface area contributed by atoms with Crippen molar-refractivity contribution in [3.8, 4) is 0 Å². The maximum absolute atomic E-state index is 12.0. The largest absolute Gasteiger partial charge is 0.457 e. The third-order valence-electron chi connectivity index (χ3n) is 2.89. The fourth-order valence-corrected chi connectivity index (χ4v) is 1.94. The first kappa shape index (κ1) is 16.4. The van der Waals surface area contributed by atoms with Crippen LogP contribution in [-0.4, -0.2) is 15.8 Å². The smallest absolute Gasteiger partial charge is 0.345 e. The molecule has 0 heterocycles. The van der Waals surface area contributed by atoms with Gasteiger partial charge in [0.25, 0.3) is 11.4 Å². The molecule has 2 aromatic carbocycles. The second kappa shape index (κ2) is 6.84. The Morgan fingerprint density at radius 2 is 1.70 bits per heavy atom. The standard InChI is InChI=1S/C14H9ClN2O6/c15-10-3-6-12(13(7-10)17(21)22)14(18)23-8-9-1-4-11(5-2-9)16(19)20/h1-7H,8H2. The fourth-order valence-electron chi connectivity index (χ4n) is 1.77. The van der Waals surface area contributed by atoms with E-state index in [0.717, 1.165) is 6.07 Å². The minimum Gasteiger partial charge on any atom is -0.457 e. The number of carbonyl (C=O) groups is 1.